The Morgan fingerprint density at radius 3 is 2.36 bits per heavy atom. The molecule has 5 nitrogen and oxygen atoms in total. The van der Waals surface area contributed by atoms with Crippen LogP contribution in [0.25, 0.3) is 10.9 Å². The minimum Gasteiger partial charge on any atom is -0.399 e. The van der Waals surface area contributed by atoms with Crippen molar-refractivity contribution in [2.45, 2.75) is 25.9 Å². The second-order valence-corrected chi connectivity index (χ2v) is 6.75. The van der Waals surface area contributed by atoms with E-state index in [1.807, 2.05) is 0 Å². The average molecular weight is 334 g/mol. The fourth-order valence-electron chi connectivity index (χ4n) is 3.43. The Balaban J connectivity index is 1.53. The van der Waals surface area contributed by atoms with Gasteiger partial charge < -0.3 is 5.73 Å². The van der Waals surface area contributed by atoms with Crippen molar-refractivity contribution in [1.29, 1.82) is 0 Å². The van der Waals surface area contributed by atoms with Crippen molar-refractivity contribution in [1.82, 2.24) is 14.5 Å². The van der Waals surface area contributed by atoms with E-state index in [1.54, 1.807) is 29.1 Å². The third kappa shape index (κ3) is 3.42. The second kappa shape index (κ2) is 6.69. The summed E-state index contributed by atoms with van der Waals surface area (Å²) in [5.74, 6) is 0. The van der Waals surface area contributed by atoms with Gasteiger partial charge in [-0.25, -0.2) is 4.98 Å². The van der Waals surface area contributed by atoms with E-state index in [0.717, 1.165) is 12.1 Å². The predicted molar refractivity (Wildman–Crippen MR) is 100 cm³/mol. The maximum atomic E-state index is 12.6. The maximum absolute atomic E-state index is 12.6. The molecule has 0 radical (unpaired) electrons. The molecular formula is C20H22N4O. The molecule has 0 spiro atoms. The van der Waals surface area contributed by atoms with Gasteiger partial charge in [-0.2, -0.15) is 0 Å². The molecule has 1 aliphatic heterocycles. The molecule has 1 aliphatic rings. The predicted octanol–water partition coefficient (Wildman–Crippen LogP) is 2.62. The molecule has 1 fully saturated rings. The van der Waals surface area contributed by atoms with Gasteiger partial charge in [0.25, 0.3) is 5.56 Å². The van der Waals surface area contributed by atoms with Gasteiger partial charge in [-0.3, -0.25) is 14.3 Å². The number of fused-ring (bicyclic) bond motifs is 1. The van der Waals surface area contributed by atoms with Crippen LogP contribution >= 0.6 is 0 Å². The summed E-state index contributed by atoms with van der Waals surface area (Å²) in [6.07, 6.45) is 4.21. The fourth-order valence-corrected chi connectivity index (χ4v) is 3.43. The summed E-state index contributed by atoms with van der Waals surface area (Å²) in [5, 5.41) is 0.599. The number of likely N-dealkylation sites (tertiary alicyclic amines) is 1. The van der Waals surface area contributed by atoms with Crippen LogP contribution in [0.4, 0.5) is 5.69 Å². The number of benzene rings is 2. The number of nitrogens with two attached hydrogens (primary N) is 1. The van der Waals surface area contributed by atoms with E-state index in [-0.39, 0.29) is 5.56 Å². The summed E-state index contributed by atoms with van der Waals surface area (Å²) in [7, 11) is 0. The van der Waals surface area contributed by atoms with E-state index in [1.165, 1.54) is 31.5 Å². The lowest BCUT2D eigenvalue weighted by Crippen LogP contribution is -2.21. The van der Waals surface area contributed by atoms with Crippen LogP contribution in [-0.2, 0) is 13.1 Å². The van der Waals surface area contributed by atoms with Crippen LogP contribution in [0.1, 0.15) is 24.0 Å². The number of nitrogens with zero attached hydrogens (tertiary/aromatic N) is 3. The molecule has 2 aromatic carbocycles. The first-order chi connectivity index (χ1) is 12.2. The summed E-state index contributed by atoms with van der Waals surface area (Å²) in [4.78, 5) is 19.5. The van der Waals surface area contributed by atoms with Crippen LogP contribution in [-0.4, -0.2) is 27.5 Å². The molecule has 3 aromatic rings. The highest BCUT2D eigenvalue weighted by Gasteiger charge is 2.11. The number of hydrogen-bond donors (Lipinski definition) is 1. The van der Waals surface area contributed by atoms with Gasteiger partial charge in [-0.15, -0.1) is 0 Å². The smallest absolute Gasteiger partial charge is 0.261 e. The largest absolute Gasteiger partial charge is 0.399 e. The Bertz CT molecular complexity index is 940. The number of rotatable bonds is 4. The van der Waals surface area contributed by atoms with E-state index in [0.29, 0.717) is 23.1 Å². The first-order valence-corrected chi connectivity index (χ1v) is 8.74. The highest BCUT2D eigenvalue weighted by molar-refractivity contribution is 5.80. The molecule has 0 amide bonds. The molecule has 4 rings (SSSR count). The van der Waals surface area contributed by atoms with Gasteiger partial charge >= 0.3 is 0 Å². The van der Waals surface area contributed by atoms with E-state index in [2.05, 4.69) is 34.1 Å². The zero-order chi connectivity index (χ0) is 17.2. The van der Waals surface area contributed by atoms with Crippen molar-refractivity contribution in [3.05, 3.63) is 70.3 Å². The van der Waals surface area contributed by atoms with Gasteiger partial charge in [0.1, 0.15) is 0 Å². The summed E-state index contributed by atoms with van der Waals surface area (Å²) in [6, 6.07) is 13.7. The molecular weight excluding hydrogens is 312 g/mol. The third-order valence-electron chi connectivity index (χ3n) is 4.83. The van der Waals surface area contributed by atoms with Crippen molar-refractivity contribution >= 4 is 16.6 Å². The first kappa shape index (κ1) is 15.8. The van der Waals surface area contributed by atoms with E-state index >= 15 is 0 Å². The molecule has 1 saturated heterocycles. The molecule has 5 heteroatoms. The van der Waals surface area contributed by atoms with Crippen LogP contribution in [0.3, 0.4) is 0 Å². The third-order valence-corrected chi connectivity index (χ3v) is 4.83. The molecule has 25 heavy (non-hydrogen) atoms. The minimum atomic E-state index is -0.0360. The van der Waals surface area contributed by atoms with Gasteiger partial charge in [-0.1, -0.05) is 24.3 Å². The number of aromatic nitrogens is 2. The Morgan fingerprint density at radius 2 is 1.64 bits per heavy atom. The highest BCUT2D eigenvalue weighted by Crippen LogP contribution is 2.14. The zero-order valence-corrected chi connectivity index (χ0v) is 14.2. The molecule has 0 aliphatic carbocycles. The highest BCUT2D eigenvalue weighted by atomic mass is 16.1. The topological polar surface area (TPSA) is 64.2 Å². The van der Waals surface area contributed by atoms with E-state index < -0.39 is 0 Å². The molecule has 0 saturated carbocycles. The van der Waals surface area contributed by atoms with E-state index in [4.69, 9.17) is 5.73 Å². The molecule has 0 unspecified atom stereocenters. The Labute approximate surface area is 146 Å². The number of nitrogen functional groups attached to an aromatic ring is 1. The minimum absolute atomic E-state index is 0.0360. The summed E-state index contributed by atoms with van der Waals surface area (Å²) in [5.41, 5.74) is 9.40. The van der Waals surface area contributed by atoms with Crippen LogP contribution in [0.5, 0.6) is 0 Å². The van der Waals surface area contributed by atoms with Crippen molar-refractivity contribution in [3.8, 4) is 0 Å². The van der Waals surface area contributed by atoms with Crippen LogP contribution in [0, 0.1) is 0 Å². The lowest BCUT2D eigenvalue weighted by Gasteiger charge is -2.15. The van der Waals surface area contributed by atoms with Gasteiger partial charge in [0.05, 0.1) is 23.8 Å². The van der Waals surface area contributed by atoms with Gasteiger partial charge in [0, 0.05) is 12.2 Å². The standard InChI is InChI=1S/C20H22N4O/c21-17-7-8-18-19(11-17)22-14-24(20(18)25)13-16-5-3-15(4-6-16)12-23-9-1-2-10-23/h3-8,11,14H,1-2,9-10,12-13,21H2. The first-order valence-electron chi connectivity index (χ1n) is 8.74. The quantitative estimate of drug-likeness (QED) is 0.745. The van der Waals surface area contributed by atoms with Crippen LogP contribution < -0.4 is 11.3 Å². The molecule has 2 heterocycles. The molecule has 1 aromatic heterocycles. The van der Waals surface area contributed by atoms with Crippen molar-refractivity contribution in [3.63, 3.8) is 0 Å². The monoisotopic (exact) mass is 334 g/mol. The second-order valence-electron chi connectivity index (χ2n) is 6.75. The molecule has 0 atom stereocenters. The fraction of sp³-hybridized carbons (Fsp3) is 0.300. The van der Waals surface area contributed by atoms with Crippen molar-refractivity contribution in [2.75, 3.05) is 18.8 Å². The van der Waals surface area contributed by atoms with E-state index in [9.17, 15) is 4.79 Å². The maximum Gasteiger partial charge on any atom is 0.261 e. The SMILES string of the molecule is Nc1ccc2c(=O)n(Cc3ccc(CN4CCCC4)cc3)cnc2c1. The average Bonchev–Trinajstić information content (AvgIpc) is 3.12. The Kier molecular flexibility index (Phi) is 4.24. The van der Waals surface area contributed by atoms with Gasteiger partial charge in [0.15, 0.2) is 0 Å². The number of anilines is 1. The van der Waals surface area contributed by atoms with Crippen molar-refractivity contribution < 1.29 is 0 Å². The summed E-state index contributed by atoms with van der Waals surface area (Å²) in [6.45, 7) is 3.93. The van der Waals surface area contributed by atoms with Gasteiger partial charge in [0.2, 0.25) is 0 Å². The zero-order valence-electron chi connectivity index (χ0n) is 14.2. The molecule has 2 N–H and O–H groups in total. The lowest BCUT2D eigenvalue weighted by molar-refractivity contribution is 0.331. The summed E-state index contributed by atoms with van der Waals surface area (Å²) >= 11 is 0. The molecule has 0 bridgehead atoms. The summed E-state index contributed by atoms with van der Waals surface area (Å²) < 4.78 is 1.65. The molecule has 128 valence electrons. The Hall–Kier alpha value is -2.66. The van der Waals surface area contributed by atoms with Crippen molar-refractivity contribution in [2.24, 2.45) is 0 Å². The number of hydrogen-bond acceptors (Lipinski definition) is 4. The van der Waals surface area contributed by atoms with Gasteiger partial charge in [-0.05, 0) is 55.3 Å². The van der Waals surface area contributed by atoms with Crippen LogP contribution in [0.2, 0.25) is 0 Å². The lowest BCUT2D eigenvalue weighted by atomic mass is 10.1. The van der Waals surface area contributed by atoms with Crippen LogP contribution in [0.15, 0.2) is 53.6 Å². The Morgan fingerprint density at radius 1 is 0.960 bits per heavy atom. The normalized spacial score (nSPS) is 15.0.